The molecule has 5 heteroatoms. The molecule has 0 unspecified atom stereocenters. The van der Waals surface area contributed by atoms with Gasteiger partial charge in [0.05, 0.1) is 12.2 Å². The summed E-state index contributed by atoms with van der Waals surface area (Å²) in [5, 5.41) is 0. The fraction of sp³-hybridized carbons (Fsp3) is 0.650. The topological polar surface area (TPSA) is 36.0 Å². The standard InChI is InChI=1S/C20H31N3O2/c1-15(2)21-9-11-22(12-10-21)19-7-5-18(6-8-19)20(24)23-13-16(3)25-17(4)14-23/h5-8,15-17H,9-14H2,1-4H3/t16-,17-/m0/s1. The highest BCUT2D eigenvalue weighted by molar-refractivity contribution is 5.94. The highest BCUT2D eigenvalue weighted by atomic mass is 16.5. The third-order valence-electron chi connectivity index (χ3n) is 5.23. The first-order chi connectivity index (χ1) is 11.9. The van der Waals surface area contributed by atoms with Crippen LogP contribution < -0.4 is 4.90 Å². The first-order valence-electron chi connectivity index (χ1n) is 9.48. The van der Waals surface area contributed by atoms with Gasteiger partial charge >= 0.3 is 0 Å². The molecule has 0 bridgehead atoms. The first kappa shape index (κ1) is 18.2. The van der Waals surface area contributed by atoms with E-state index in [0.29, 0.717) is 19.1 Å². The number of piperazine rings is 1. The molecule has 0 spiro atoms. The molecule has 1 aromatic rings. The van der Waals surface area contributed by atoms with Crippen LogP contribution in [0, 0.1) is 0 Å². The quantitative estimate of drug-likeness (QED) is 0.843. The molecule has 2 aliphatic heterocycles. The minimum Gasteiger partial charge on any atom is -0.372 e. The van der Waals surface area contributed by atoms with Gasteiger partial charge in [0, 0.05) is 56.6 Å². The summed E-state index contributed by atoms with van der Waals surface area (Å²) in [6, 6.07) is 8.73. The van der Waals surface area contributed by atoms with Gasteiger partial charge in [-0.25, -0.2) is 0 Å². The van der Waals surface area contributed by atoms with Crippen LogP contribution >= 0.6 is 0 Å². The summed E-state index contributed by atoms with van der Waals surface area (Å²) in [5.41, 5.74) is 1.98. The molecule has 2 saturated heterocycles. The Kier molecular flexibility index (Phi) is 5.64. The van der Waals surface area contributed by atoms with Crippen LogP contribution in [0.5, 0.6) is 0 Å². The molecule has 25 heavy (non-hydrogen) atoms. The van der Waals surface area contributed by atoms with Gasteiger partial charge in [-0.05, 0) is 52.0 Å². The van der Waals surface area contributed by atoms with Crippen LogP contribution in [0.15, 0.2) is 24.3 Å². The maximum absolute atomic E-state index is 12.7. The van der Waals surface area contributed by atoms with Crippen LogP contribution in [0.2, 0.25) is 0 Å². The smallest absolute Gasteiger partial charge is 0.254 e. The zero-order valence-corrected chi connectivity index (χ0v) is 15.9. The molecule has 2 fully saturated rings. The molecule has 0 aromatic heterocycles. The van der Waals surface area contributed by atoms with Crippen LogP contribution in [-0.4, -0.2) is 73.2 Å². The summed E-state index contributed by atoms with van der Waals surface area (Å²) >= 11 is 0. The molecular weight excluding hydrogens is 314 g/mol. The van der Waals surface area contributed by atoms with Crippen molar-refractivity contribution in [1.29, 1.82) is 0 Å². The molecule has 1 aromatic carbocycles. The van der Waals surface area contributed by atoms with E-state index in [1.54, 1.807) is 0 Å². The fourth-order valence-corrected chi connectivity index (χ4v) is 3.84. The van der Waals surface area contributed by atoms with Gasteiger partial charge in [0.15, 0.2) is 0 Å². The van der Waals surface area contributed by atoms with E-state index in [1.807, 2.05) is 30.9 Å². The summed E-state index contributed by atoms with van der Waals surface area (Å²) in [6.45, 7) is 14.2. The van der Waals surface area contributed by atoms with Crippen molar-refractivity contribution in [3.63, 3.8) is 0 Å². The molecule has 2 aliphatic rings. The van der Waals surface area contributed by atoms with Crippen molar-refractivity contribution in [3.05, 3.63) is 29.8 Å². The molecule has 0 radical (unpaired) electrons. The second-order valence-corrected chi connectivity index (χ2v) is 7.63. The lowest BCUT2D eigenvalue weighted by molar-refractivity contribution is -0.0586. The first-order valence-corrected chi connectivity index (χ1v) is 9.48. The van der Waals surface area contributed by atoms with Gasteiger partial charge < -0.3 is 14.5 Å². The molecule has 138 valence electrons. The van der Waals surface area contributed by atoms with E-state index in [2.05, 4.69) is 35.8 Å². The maximum Gasteiger partial charge on any atom is 0.254 e. The number of ether oxygens (including phenoxy) is 1. The number of amides is 1. The Hall–Kier alpha value is -1.59. The second-order valence-electron chi connectivity index (χ2n) is 7.63. The van der Waals surface area contributed by atoms with Gasteiger partial charge in [0.1, 0.15) is 0 Å². The van der Waals surface area contributed by atoms with Gasteiger partial charge in [-0.3, -0.25) is 9.69 Å². The lowest BCUT2D eigenvalue weighted by Crippen LogP contribution is -2.49. The van der Waals surface area contributed by atoms with E-state index in [4.69, 9.17) is 4.74 Å². The van der Waals surface area contributed by atoms with Crippen molar-refractivity contribution < 1.29 is 9.53 Å². The van der Waals surface area contributed by atoms with E-state index in [9.17, 15) is 4.79 Å². The Morgan fingerprint density at radius 1 is 1.00 bits per heavy atom. The zero-order valence-electron chi connectivity index (χ0n) is 15.9. The molecule has 0 N–H and O–H groups in total. The number of hydrogen-bond acceptors (Lipinski definition) is 4. The van der Waals surface area contributed by atoms with E-state index < -0.39 is 0 Å². The summed E-state index contributed by atoms with van der Waals surface area (Å²) < 4.78 is 5.72. The largest absolute Gasteiger partial charge is 0.372 e. The van der Waals surface area contributed by atoms with Crippen molar-refractivity contribution in [2.24, 2.45) is 0 Å². The molecule has 3 rings (SSSR count). The third kappa shape index (κ3) is 4.33. The molecule has 2 atom stereocenters. The number of carbonyl (C=O) groups excluding carboxylic acids is 1. The van der Waals surface area contributed by atoms with Crippen LogP contribution in [-0.2, 0) is 4.74 Å². The Labute approximate surface area is 151 Å². The number of morpholine rings is 1. The van der Waals surface area contributed by atoms with Crippen LogP contribution in [0.25, 0.3) is 0 Å². The number of hydrogen-bond donors (Lipinski definition) is 0. The average molecular weight is 345 g/mol. The Balaban J connectivity index is 1.61. The SMILES string of the molecule is CC(C)N1CCN(c2ccc(C(=O)N3C[C@H](C)O[C@@H](C)C3)cc2)CC1. The molecule has 0 saturated carbocycles. The minimum atomic E-state index is 0.101. The second kappa shape index (κ2) is 7.75. The minimum absolute atomic E-state index is 0.101. The highest BCUT2D eigenvalue weighted by Gasteiger charge is 2.26. The molecule has 1 amide bonds. The van der Waals surface area contributed by atoms with Gasteiger partial charge in [0.25, 0.3) is 5.91 Å². The van der Waals surface area contributed by atoms with E-state index >= 15 is 0 Å². The normalized spacial score (nSPS) is 25.5. The van der Waals surface area contributed by atoms with Gasteiger partial charge in [-0.15, -0.1) is 0 Å². The number of anilines is 1. The highest BCUT2D eigenvalue weighted by Crippen LogP contribution is 2.20. The molecule has 5 nitrogen and oxygen atoms in total. The fourth-order valence-electron chi connectivity index (χ4n) is 3.84. The van der Waals surface area contributed by atoms with Crippen molar-refractivity contribution in [2.75, 3.05) is 44.2 Å². The van der Waals surface area contributed by atoms with Crippen molar-refractivity contribution >= 4 is 11.6 Å². The molecule has 0 aliphatic carbocycles. The third-order valence-corrected chi connectivity index (χ3v) is 5.23. The number of rotatable bonds is 3. The number of benzene rings is 1. The van der Waals surface area contributed by atoms with Crippen molar-refractivity contribution in [1.82, 2.24) is 9.80 Å². The summed E-state index contributed by atoms with van der Waals surface area (Å²) in [6.07, 6.45) is 0.202. The molecule has 2 heterocycles. The predicted molar refractivity (Wildman–Crippen MR) is 101 cm³/mol. The number of nitrogens with zero attached hydrogens (tertiary/aromatic N) is 3. The van der Waals surface area contributed by atoms with Crippen LogP contribution in [0.4, 0.5) is 5.69 Å². The lowest BCUT2D eigenvalue weighted by atomic mass is 10.1. The van der Waals surface area contributed by atoms with E-state index in [1.165, 1.54) is 5.69 Å². The summed E-state index contributed by atoms with van der Waals surface area (Å²) in [5.74, 6) is 0.109. The van der Waals surface area contributed by atoms with E-state index in [-0.39, 0.29) is 18.1 Å². The van der Waals surface area contributed by atoms with Crippen molar-refractivity contribution in [2.45, 2.75) is 45.9 Å². The van der Waals surface area contributed by atoms with E-state index in [0.717, 1.165) is 31.7 Å². The van der Waals surface area contributed by atoms with Gasteiger partial charge in [0.2, 0.25) is 0 Å². The Bertz CT molecular complexity index is 569. The van der Waals surface area contributed by atoms with Gasteiger partial charge in [-0.2, -0.15) is 0 Å². The van der Waals surface area contributed by atoms with Crippen LogP contribution in [0.3, 0.4) is 0 Å². The average Bonchev–Trinajstić information content (AvgIpc) is 2.60. The van der Waals surface area contributed by atoms with Crippen molar-refractivity contribution in [3.8, 4) is 0 Å². The predicted octanol–water partition coefficient (Wildman–Crippen LogP) is 2.47. The Morgan fingerprint density at radius 3 is 2.08 bits per heavy atom. The Morgan fingerprint density at radius 2 is 1.56 bits per heavy atom. The summed E-state index contributed by atoms with van der Waals surface area (Å²) in [4.78, 5) is 19.6. The monoisotopic (exact) mass is 345 g/mol. The zero-order chi connectivity index (χ0) is 18.0. The molecular formula is C20H31N3O2. The maximum atomic E-state index is 12.7. The van der Waals surface area contributed by atoms with Crippen LogP contribution in [0.1, 0.15) is 38.1 Å². The summed E-state index contributed by atoms with van der Waals surface area (Å²) in [7, 11) is 0. The number of carbonyl (C=O) groups is 1. The van der Waals surface area contributed by atoms with Gasteiger partial charge in [-0.1, -0.05) is 0 Å². The lowest BCUT2D eigenvalue weighted by Gasteiger charge is -2.38.